The van der Waals surface area contributed by atoms with E-state index in [1.54, 1.807) is 111 Å². The van der Waals surface area contributed by atoms with Crippen molar-refractivity contribution < 1.29 is 85.1 Å². The summed E-state index contributed by atoms with van der Waals surface area (Å²) in [6.07, 6.45) is -5.40. The third-order valence-electron chi connectivity index (χ3n) is 6.31. The Hall–Kier alpha value is 0.935. The van der Waals surface area contributed by atoms with E-state index >= 15 is 0 Å². The van der Waals surface area contributed by atoms with Gasteiger partial charge in [0, 0.05) is 48.8 Å². The summed E-state index contributed by atoms with van der Waals surface area (Å²) in [5, 5.41) is 0. The van der Waals surface area contributed by atoms with Gasteiger partial charge >= 0.3 is 72.1 Å². The molecule has 6 rings (SSSR count). The zero-order chi connectivity index (χ0) is 39.5. The first-order chi connectivity index (χ1) is 24.3. The van der Waals surface area contributed by atoms with Crippen molar-refractivity contribution in [2.45, 2.75) is 174 Å². The van der Waals surface area contributed by atoms with Gasteiger partial charge in [0.05, 0.1) is 0 Å². The minimum Gasteiger partial charge on any atom is -0.370 e. The molecule has 8 bridgehead atoms. The van der Waals surface area contributed by atoms with Gasteiger partial charge in [-0.2, -0.15) is 0 Å². The summed E-state index contributed by atoms with van der Waals surface area (Å²) in [5.41, 5.74) is 0. The van der Waals surface area contributed by atoms with Crippen molar-refractivity contribution in [3.05, 3.63) is 0 Å². The molecular formula is C27H66O20Si8. The molecule has 0 aromatic rings. The highest BCUT2D eigenvalue weighted by molar-refractivity contribution is 6.96. The Morgan fingerprint density at radius 3 is 0.673 bits per heavy atom. The normalized spacial score (nSPS) is 40.1. The third kappa shape index (κ3) is 11.9. The van der Waals surface area contributed by atoms with Gasteiger partial charge in [-0.25, -0.2) is 0 Å². The quantitative estimate of drug-likeness (QED) is 0.198. The first kappa shape index (κ1) is 50.3. The Morgan fingerprint density at radius 1 is 0.273 bits per heavy atom. The predicted octanol–water partition coefficient (Wildman–Crippen LogP) is 4.45. The Balaban J connectivity index is 0.00000406. The first-order valence-electron chi connectivity index (χ1n) is 18.1. The van der Waals surface area contributed by atoms with Crippen LogP contribution in [0.4, 0.5) is 0 Å². The highest BCUT2D eigenvalue weighted by atomic mass is 28.6. The summed E-state index contributed by atoms with van der Waals surface area (Å²) in [7, 11) is -38.9. The second-order valence-corrected chi connectivity index (χ2v) is 34.7. The van der Waals surface area contributed by atoms with Crippen LogP contribution in [0.2, 0.25) is 0 Å². The Morgan fingerprint density at radius 2 is 0.455 bits per heavy atom. The topological polar surface area (TPSA) is 185 Å². The fourth-order valence-corrected chi connectivity index (χ4v) is 41.8. The average molecular weight is 935 g/mol. The molecule has 0 aliphatic carbocycles. The number of rotatable bonds is 16. The third-order valence-corrected chi connectivity index (χ3v) is 36.2. The van der Waals surface area contributed by atoms with Crippen LogP contribution in [-0.4, -0.2) is 127 Å². The molecule has 55 heavy (non-hydrogen) atoms. The van der Waals surface area contributed by atoms with Gasteiger partial charge < -0.3 is 85.1 Å². The molecule has 0 radical (unpaired) electrons. The van der Waals surface area contributed by atoms with E-state index in [0.717, 1.165) is 0 Å². The molecule has 8 atom stereocenters. The summed E-state index contributed by atoms with van der Waals surface area (Å²) in [6.45, 7) is 28.1. The molecule has 0 aromatic carbocycles. The Bertz CT molecular complexity index is 1120. The molecule has 0 spiro atoms. The standard InChI is InChI=1S/C25H58O20Si8.2CH4/c1-18(2)27-46-17-26-47(28-19(3)4)37-50(31-22(9)10)39-48(35-46,29-20(5)6)41-52(33-24(13)14)42-49(36-46,30-21(7)8)40-51(38-47,32-23(11)12)44-53(43-50,45-52)34-25(15)16;;/h18-25H,17H2,1-16H3;2*1H4/t46?,47?,48-,49-,50+,51?,52?,53?;;/m1../s1. The largest absolute Gasteiger partial charge is 0.668 e. The van der Waals surface area contributed by atoms with E-state index in [4.69, 9.17) is 85.1 Å². The molecular weight excluding hydrogens is 869 g/mol. The van der Waals surface area contributed by atoms with Gasteiger partial charge in [0.2, 0.25) is 0 Å². The molecule has 5 unspecified atom stereocenters. The van der Waals surface area contributed by atoms with Crippen molar-refractivity contribution >= 4 is 72.1 Å². The summed E-state index contributed by atoms with van der Waals surface area (Å²) >= 11 is 0. The van der Waals surface area contributed by atoms with Crippen LogP contribution < -0.4 is 0 Å². The first-order valence-corrected chi connectivity index (χ1v) is 31.5. The molecule has 6 aliphatic heterocycles. The molecule has 6 saturated heterocycles. The molecule has 0 N–H and O–H groups in total. The zero-order valence-electron chi connectivity index (χ0n) is 33.5. The van der Waals surface area contributed by atoms with Crippen molar-refractivity contribution in [2.75, 3.05) is 6.23 Å². The monoisotopic (exact) mass is 934 g/mol. The van der Waals surface area contributed by atoms with Crippen LogP contribution in [0, 0.1) is 0 Å². The second-order valence-electron chi connectivity index (χ2n) is 14.9. The SMILES string of the molecule is C.C.CC(C)O[Si]12CO[Si]3(OC(C)C)O[Si]4(OC(C)C)O[Si]5(OC(C)C)O[Si](OC(C)C)(O[Si@](OC(C)C)(O1)O4)O[Si@](OC(C)C)(O2)O[Si@](OC(C)C)(O3)O5. The average Bonchev–Trinajstić information content (AvgIpc) is 2.91. The maximum atomic E-state index is 7.03. The second kappa shape index (κ2) is 18.1. The highest BCUT2D eigenvalue weighted by Gasteiger charge is 2.89. The van der Waals surface area contributed by atoms with Crippen molar-refractivity contribution in [3.63, 3.8) is 0 Å². The Labute approximate surface area is 336 Å². The van der Waals surface area contributed by atoms with Gasteiger partial charge in [-0.3, -0.25) is 0 Å². The van der Waals surface area contributed by atoms with Gasteiger partial charge in [-0.15, -0.1) is 0 Å². The molecule has 326 valence electrons. The van der Waals surface area contributed by atoms with Crippen molar-refractivity contribution in [1.29, 1.82) is 0 Å². The van der Waals surface area contributed by atoms with Crippen LogP contribution >= 0.6 is 0 Å². The molecule has 20 nitrogen and oxygen atoms in total. The summed E-state index contributed by atoms with van der Waals surface area (Å²) < 4.78 is 136. The molecule has 0 saturated carbocycles. The lowest BCUT2D eigenvalue weighted by molar-refractivity contribution is -0.152. The van der Waals surface area contributed by atoms with Crippen molar-refractivity contribution in [1.82, 2.24) is 0 Å². The number of hydrogen-bond donors (Lipinski definition) is 0. The van der Waals surface area contributed by atoms with Gasteiger partial charge in [0.25, 0.3) is 0 Å². The molecule has 6 aliphatic rings. The minimum absolute atomic E-state index is 0. The summed E-state index contributed by atoms with van der Waals surface area (Å²) in [4.78, 5) is 0. The number of hydrogen-bond acceptors (Lipinski definition) is 20. The van der Waals surface area contributed by atoms with Crippen LogP contribution in [0.3, 0.4) is 0 Å². The maximum Gasteiger partial charge on any atom is 0.668 e. The number of fused-ring (bicyclic) bond motifs is 1. The van der Waals surface area contributed by atoms with Crippen LogP contribution in [0.5, 0.6) is 0 Å². The molecule has 6 heterocycles. The zero-order valence-corrected chi connectivity index (χ0v) is 41.5. The van der Waals surface area contributed by atoms with Gasteiger partial charge in [0.1, 0.15) is 6.23 Å². The lowest BCUT2D eigenvalue weighted by Gasteiger charge is -2.55. The lowest BCUT2D eigenvalue weighted by Crippen LogP contribution is -2.87. The summed E-state index contributed by atoms with van der Waals surface area (Å²) in [5.74, 6) is 0. The van der Waals surface area contributed by atoms with Crippen LogP contribution in [-0.2, 0) is 85.1 Å². The Kier molecular flexibility index (Phi) is 16.6. The van der Waals surface area contributed by atoms with Gasteiger partial charge in [-0.05, 0) is 111 Å². The predicted molar refractivity (Wildman–Crippen MR) is 207 cm³/mol. The van der Waals surface area contributed by atoms with Crippen molar-refractivity contribution in [2.24, 2.45) is 0 Å². The lowest BCUT2D eigenvalue weighted by atomic mass is 10.5. The molecule has 0 aromatic heterocycles. The maximum absolute atomic E-state index is 7.03. The van der Waals surface area contributed by atoms with E-state index in [0.29, 0.717) is 0 Å². The molecule has 28 heteroatoms. The van der Waals surface area contributed by atoms with Crippen LogP contribution in [0.15, 0.2) is 0 Å². The van der Waals surface area contributed by atoms with E-state index in [9.17, 15) is 0 Å². The summed E-state index contributed by atoms with van der Waals surface area (Å²) in [6, 6.07) is 0. The van der Waals surface area contributed by atoms with Gasteiger partial charge in [-0.1, -0.05) is 14.9 Å². The van der Waals surface area contributed by atoms with E-state index < -0.39 is 127 Å². The minimum atomic E-state index is -4.96. The van der Waals surface area contributed by atoms with Crippen LogP contribution in [0.1, 0.15) is 126 Å². The fraction of sp³-hybridized carbons (Fsp3) is 1.00. The molecule has 6 fully saturated rings. The van der Waals surface area contributed by atoms with E-state index in [1.807, 2.05) is 0 Å². The van der Waals surface area contributed by atoms with Gasteiger partial charge in [0.15, 0.2) is 0 Å². The van der Waals surface area contributed by atoms with E-state index in [1.165, 1.54) is 0 Å². The molecule has 0 amide bonds. The smallest absolute Gasteiger partial charge is 0.370 e. The van der Waals surface area contributed by atoms with Crippen LogP contribution in [0.25, 0.3) is 0 Å². The highest BCUT2D eigenvalue weighted by Crippen LogP contribution is 2.49. The van der Waals surface area contributed by atoms with Crippen molar-refractivity contribution in [3.8, 4) is 0 Å². The van der Waals surface area contributed by atoms with E-state index in [2.05, 4.69) is 0 Å². The van der Waals surface area contributed by atoms with E-state index in [-0.39, 0.29) is 14.9 Å². The fourth-order valence-electron chi connectivity index (χ4n) is 5.45.